The van der Waals surface area contributed by atoms with E-state index in [4.69, 9.17) is 16.7 Å². The van der Waals surface area contributed by atoms with Crippen LogP contribution in [0.2, 0.25) is 5.02 Å². The second-order valence-corrected chi connectivity index (χ2v) is 5.25. The zero-order valence-corrected chi connectivity index (χ0v) is 12.6. The molecule has 1 aromatic rings. The van der Waals surface area contributed by atoms with Gasteiger partial charge in [0.15, 0.2) is 0 Å². The molecule has 116 valence electrons. The van der Waals surface area contributed by atoms with Crippen LogP contribution in [0.15, 0.2) is 18.2 Å². The molecule has 21 heavy (non-hydrogen) atoms. The molecule has 0 aliphatic rings. The van der Waals surface area contributed by atoms with Crippen molar-refractivity contribution in [2.24, 2.45) is 5.92 Å². The summed E-state index contributed by atoms with van der Waals surface area (Å²) in [6.07, 6.45) is 2.58. The minimum absolute atomic E-state index is 0.0431. The van der Waals surface area contributed by atoms with E-state index in [1.54, 1.807) is 6.07 Å². The molecule has 0 amide bonds. The van der Waals surface area contributed by atoms with Gasteiger partial charge < -0.3 is 10.4 Å². The van der Waals surface area contributed by atoms with E-state index in [0.29, 0.717) is 29.6 Å². The number of non-ortho nitro benzene ring substituents is 1. The molecule has 1 atom stereocenters. The number of rotatable bonds is 9. The van der Waals surface area contributed by atoms with E-state index in [2.05, 4.69) is 5.32 Å². The van der Waals surface area contributed by atoms with Crippen molar-refractivity contribution in [3.05, 3.63) is 33.3 Å². The number of nitrogens with one attached hydrogen (secondary N) is 1. The number of nitro groups is 1. The van der Waals surface area contributed by atoms with Gasteiger partial charge in [0.05, 0.1) is 15.6 Å². The maximum absolute atomic E-state index is 10.6. The second-order valence-electron chi connectivity index (χ2n) is 4.84. The number of aliphatic carboxylic acids is 1. The average Bonchev–Trinajstić information content (AvgIpc) is 2.43. The molecule has 0 bridgehead atoms. The molecule has 0 heterocycles. The van der Waals surface area contributed by atoms with Crippen molar-refractivity contribution in [2.45, 2.75) is 32.6 Å². The number of nitro benzene ring substituents is 1. The molecule has 1 unspecified atom stereocenters. The molecule has 0 saturated heterocycles. The van der Waals surface area contributed by atoms with E-state index in [0.717, 1.165) is 12.8 Å². The molecule has 0 aromatic heterocycles. The van der Waals surface area contributed by atoms with Gasteiger partial charge in [-0.1, -0.05) is 24.9 Å². The summed E-state index contributed by atoms with van der Waals surface area (Å²) < 4.78 is 0. The summed E-state index contributed by atoms with van der Waals surface area (Å²) in [6.45, 7) is 2.68. The Hall–Kier alpha value is -1.82. The molecule has 0 saturated carbocycles. The van der Waals surface area contributed by atoms with Crippen molar-refractivity contribution in [1.29, 1.82) is 0 Å². The first-order valence-corrected chi connectivity index (χ1v) is 7.21. The lowest BCUT2D eigenvalue weighted by Crippen LogP contribution is -2.10. The topological polar surface area (TPSA) is 92.5 Å². The first-order valence-electron chi connectivity index (χ1n) is 6.83. The average molecular weight is 315 g/mol. The predicted molar refractivity (Wildman–Crippen MR) is 81.9 cm³/mol. The highest BCUT2D eigenvalue weighted by molar-refractivity contribution is 6.33. The Balaban J connectivity index is 2.47. The lowest BCUT2D eigenvalue weighted by atomic mass is 9.96. The van der Waals surface area contributed by atoms with Crippen LogP contribution in [0.4, 0.5) is 11.4 Å². The van der Waals surface area contributed by atoms with Crippen LogP contribution in [0.5, 0.6) is 0 Å². The van der Waals surface area contributed by atoms with Gasteiger partial charge in [-0.2, -0.15) is 0 Å². The van der Waals surface area contributed by atoms with Gasteiger partial charge in [-0.3, -0.25) is 14.9 Å². The van der Waals surface area contributed by atoms with Crippen molar-refractivity contribution >= 4 is 28.9 Å². The Labute approximate surface area is 128 Å². The van der Waals surface area contributed by atoms with Crippen molar-refractivity contribution in [3.8, 4) is 0 Å². The van der Waals surface area contributed by atoms with Crippen LogP contribution in [-0.2, 0) is 4.79 Å². The molecule has 7 heteroatoms. The number of benzene rings is 1. The SMILES string of the molecule is CCC(CCNc1ccc([N+](=O)[O-])cc1Cl)CCC(=O)O. The van der Waals surface area contributed by atoms with Gasteiger partial charge in [0.25, 0.3) is 5.69 Å². The number of halogens is 1. The number of carbonyl (C=O) groups is 1. The third kappa shape index (κ3) is 5.99. The molecule has 2 N–H and O–H groups in total. The third-order valence-electron chi connectivity index (χ3n) is 3.38. The second kappa shape index (κ2) is 8.46. The normalized spacial score (nSPS) is 11.9. The quantitative estimate of drug-likeness (QED) is 0.532. The fourth-order valence-corrected chi connectivity index (χ4v) is 2.29. The first kappa shape index (κ1) is 17.2. The van der Waals surface area contributed by atoms with Gasteiger partial charge in [-0.05, 0) is 24.8 Å². The molecule has 0 aliphatic heterocycles. The van der Waals surface area contributed by atoms with E-state index in [-0.39, 0.29) is 12.1 Å². The van der Waals surface area contributed by atoms with Crippen LogP contribution in [0, 0.1) is 16.0 Å². The number of hydrogen-bond donors (Lipinski definition) is 2. The smallest absolute Gasteiger partial charge is 0.303 e. The van der Waals surface area contributed by atoms with Crippen molar-refractivity contribution in [3.63, 3.8) is 0 Å². The lowest BCUT2D eigenvalue weighted by Gasteiger charge is -2.15. The van der Waals surface area contributed by atoms with Crippen molar-refractivity contribution in [2.75, 3.05) is 11.9 Å². The lowest BCUT2D eigenvalue weighted by molar-refractivity contribution is -0.384. The Bertz CT molecular complexity index is 508. The first-order chi connectivity index (χ1) is 9.93. The standard InChI is InChI=1S/C14H19ClN2O4/c1-2-10(3-6-14(18)19)7-8-16-13-5-4-11(17(20)21)9-12(13)15/h4-5,9-10,16H,2-3,6-8H2,1H3,(H,18,19). The summed E-state index contributed by atoms with van der Waals surface area (Å²) in [6, 6.07) is 4.29. The summed E-state index contributed by atoms with van der Waals surface area (Å²) in [4.78, 5) is 20.7. The summed E-state index contributed by atoms with van der Waals surface area (Å²) in [5.41, 5.74) is 0.605. The largest absolute Gasteiger partial charge is 0.481 e. The third-order valence-corrected chi connectivity index (χ3v) is 3.69. The highest BCUT2D eigenvalue weighted by atomic mass is 35.5. The fraction of sp³-hybridized carbons (Fsp3) is 0.500. The fourth-order valence-electron chi connectivity index (χ4n) is 2.05. The molecule has 1 aromatic carbocycles. The molecule has 1 rings (SSSR count). The van der Waals surface area contributed by atoms with Crippen molar-refractivity contribution < 1.29 is 14.8 Å². The zero-order chi connectivity index (χ0) is 15.8. The molecule has 0 fully saturated rings. The number of anilines is 1. The number of carboxylic acids is 1. The maximum atomic E-state index is 10.6. The van der Waals surface area contributed by atoms with Gasteiger partial charge in [-0.15, -0.1) is 0 Å². The van der Waals surface area contributed by atoms with Gasteiger partial charge in [0.2, 0.25) is 0 Å². The maximum Gasteiger partial charge on any atom is 0.303 e. The van der Waals surface area contributed by atoms with Crippen LogP contribution >= 0.6 is 11.6 Å². The van der Waals surface area contributed by atoms with Crippen LogP contribution in [0.25, 0.3) is 0 Å². The van der Waals surface area contributed by atoms with E-state index >= 15 is 0 Å². The minimum atomic E-state index is -0.778. The highest BCUT2D eigenvalue weighted by Crippen LogP contribution is 2.27. The minimum Gasteiger partial charge on any atom is -0.481 e. The van der Waals surface area contributed by atoms with Gasteiger partial charge in [-0.25, -0.2) is 0 Å². The van der Waals surface area contributed by atoms with Crippen LogP contribution in [0.3, 0.4) is 0 Å². The number of carboxylic acid groups (broad SMARTS) is 1. The summed E-state index contributed by atoms with van der Waals surface area (Å²) in [5, 5.41) is 22.7. The zero-order valence-electron chi connectivity index (χ0n) is 11.8. The van der Waals surface area contributed by atoms with E-state index in [1.807, 2.05) is 6.92 Å². The van der Waals surface area contributed by atoms with Crippen LogP contribution < -0.4 is 5.32 Å². The highest BCUT2D eigenvalue weighted by Gasteiger charge is 2.11. The molecule has 6 nitrogen and oxygen atoms in total. The molecule has 0 aliphatic carbocycles. The molecule has 0 radical (unpaired) electrons. The summed E-state index contributed by atoms with van der Waals surface area (Å²) in [5.74, 6) is -0.440. The Morgan fingerprint density at radius 1 is 1.48 bits per heavy atom. The summed E-state index contributed by atoms with van der Waals surface area (Å²) >= 11 is 5.98. The Morgan fingerprint density at radius 2 is 2.19 bits per heavy atom. The number of hydrogen-bond acceptors (Lipinski definition) is 4. The van der Waals surface area contributed by atoms with Gasteiger partial charge in [0.1, 0.15) is 0 Å². The van der Waals surface area contributed by atoms with E-state index in [9.17, 15) is 14.9 Å². The predicted octanol–water partition coefficient (Wildman–Crippen LogP) is 3.94. The molecule has 0 spiro atoms. The van der Waals surface area contributed by atoms with Gasteiger partial charge in [0, 0.05) is 25.1 Å². The van der Waals surface area contributed by atoms with E-state index in [1.165, 1.54) is 12.1 Å². The Kier molecular flexibility index (Phi) is 6.94. The Morgan fingerprint density at radius 3 is 2.71 bits per heavy atom. The van der Waals surface area contributed by atoms with Crippen molar-refractivity contribution in [1.82, 2.24) is 0 Å². The van der Waals surface area contributed by atoms with E-state index < -0.39 is 10.9 Å². The monoisotopic (exact) mass is 314 g/mol. The van der Waals surface area contributed by atoms with Crippen LogP contribution in [0.1, 0.15) is 32.6 Å². The van der Waals surface area contributed by atoms with Gasteiger partial charge >= 0.3 is 5.97 Å². The molecular formula is C14H19ClN2O4. The summed E-state index contributed by atoms with van der Waals surface area (Å²) in [7, 11) is 0. The number of nitrogens with zero attached hydrogens (tertiary/aromatic N) is 1. The van der Waals surface area contributed by atoms with Crippen LogP contribution in [-0.4, -0.2) is 22.5 Å². The molecular weight excluding hydrogens is 296 g/mol.